The Morgan fingerprint density at radius 2 is 2.11 bits per heavy atom. The molecule has 1 unspecified atom stereocenters. The molecule has 5 N–H and O–H groups in total. The first-order valence-electron chi connectivity index (χ1n) is 6.03. The first kappa shape index (κ1) is 17.4. The third-order valence-electron chi connectivity index (χ3n) is 3.06. The maximum atomic E-state index is 11.4. The van der Waals surface area contributed by atoms with Crippen LogP contribution < -0.4 is 16.6 Å². The second kappa shape index (κ2) is 7.08. The van der Waals surface area contributed by atoms with Crippen molar-refractivity contribution in [3.63, 3.8) is 0 Å². The third kappa shape index (κ3) is 4.86. The molecule has 0 spiro atoms. The van der Waals surface area contributed by atoms with Gasteiger partial charge in [-0.25, -0.2) is 0 Å². The Labute approximate surface area is 112 Å². The lowest BCUT2D eigenvalue weighted by Gasteiger charge is -2.37. The van der Waals surface area contributed by atoms with Crippen LogP contribution in [0, 0.1) is 5.41 Å². The number of carboxylic acid groups (broad SMARTS) is 1. The van der Waals surface area contributed by atoms with E-state index in [9.17, 15) is 19.5 Å². The molecular formula is C12H22N2O5. The summed E-state index contributed by atoms with van der Waals surface area (Å²) in [5.41, 5.74) is -1.15. The fourth-order valence-electron chi connectivity index (χ4n) is 1.95. The highest BCUT2D eigenvalue weighted by Gasteiger charge is 2.36. The smallest absolute Gasteiger partial charge is 0.306 e. The normalized spacial score (nSPS) is 22.4. The summed E-state index contributed by atoms with van der Waals surface area (Å²) in [7, 11) is 0. The lowest BCUT2D eigenvalue weighted by atomic mass is 9.77. The summed E-state index contributed by atoms with van der Waals surface area (Å²) < 4.78 is 4.95. The number of nitrogens with one attached hydrogen (secondary N) is 1. The second-order valence-electron chi connectivity index (χ2n) is 4.88. The van der Waals surface area contributed by atoms with Gasteiger partial charge in [0.15, 0.2) is 0 Å². The van der Waals surface area contributed by atoms with Crippen molar-refractivity contribution < 1.29 is 24.2 Å². The van der Waals surface area contributed by atoms with E-state index in [0.29, 0.717) is 0 Å². The number of hydrogen-bond acceptors (Lipinski definition) is 5. The zero-order valence-electron chi connectivity index (χ0n) is 11.7. The van der Waals surface area contributed by atoms with E-state index in [1.54, 1.807) is 13.8 Å². The molecule has 0 aromatic rings. The Balaban J connectivity index is 0.00000324. The van der Waals surface area contributed by atoms with E-state index in [-0.39, 0.29) is 50.4 Å². The fourth-order valence-corrected chi connectivity index (χ4v) is 1.95. The second-order valence-corrected chi connectivity index (χ2v) is 4.88. The van der Waals surface area contributed by atoms with Crippen LogP contribution in [0.4, 0.5) is 0 Å². The van der Waals surface area contributed by atoms with Gasteiger partial charge in [0.2, 0.25) is 5.91 Å². The number of carbonyl (C=O) groups excluding carboxylic acids is 3. The number of carbonyl (C=O) groups is 3. The number of hydrogen-bond donors (Lipinski definition) is 2. The Hall–Kier alpha value is -1.63. The Kier molecular flexibility index (Phi) is 6.47. The predicted molar refractivity (Wildman–Crippen MR) is 66.1 cm³/mol. The van der Waals surface area contributed by atoms with Crippen LogP contribution in [0.5, 0.6) is 0 Å². The summed E-state index contributed by atoms with van der Waals surface area (Å²) in [4.78, 5) is 33.6. The Morgan fingerprint density at radius 1 is 1.47 bits per heavy atom. The van der Waals surface area contributed by atoms with E-state index in [4.69, 9.17) is 4.74 Å². The molecule has 7 nitrogen and oxygen atoms in total. The van der Waals surface area contributed by atoms with E-state index in [1.807, 2.05) is 0 Å². The van der Waals surface area contributed by atoms with Crippen LogP contribution in [0.25, 0.3) is 0 Å². The van der Waals surface area contributed by atoms with Gasteiger partial charge in [0.25, 0.3) is 0 Å². The number of ether oxygens (including phenoxy) is 1. The molecule has 0 aromatic heterocycles. The number of esters is 1. The van der Waals surface area contributed by atoms with Crippen LogP contribution in [0.2, 0.25) is 0 Å². The predicted octanol–water partition coefficient (Wildman–Crippen LogP) is -0.259. The largest absolute Gasteiger partial charge is 0.549 e. The number of carboxylic acids is 1. The number of quaternary nitrogens is 1. The molecule has 0 aromatic carbocycles. The molecule has 19 heavy (non-hydrogen) atoms. The van der Waals surface area contributed by atoms with Gasteiger partial charge in [0, 0.05) is 30.8 Å². The molecule has 1 rings (SSSR count). The van der Waals surface area contributed by atoms with Crippen LogP contribution in [-0.4, -0.2) is 30.5 Å². The topological polar surface area (TPSA) is 132 Å². The molecule has 0 bridgehead atoms. The number of amides is 1. The van der Waals surface area contributed by atoms with Crippen molar-refractivity contribution in [1.82, 2.24) is 11.5 Å². The zero-order chi connectivity index (χ0) is 13.8. The van der Waals surface area contributed by atoms with Crippen LogP contribution in [-0.2, 0) is 19.1 Å². The molecule has 0 radical (unpaired) electrons. The third-order valence-corrected chi connectivity index (χ3v) is 3.06. The Bertz CT molecular complexity index is 344. The first-order valence-corrected chi connectivity index (χ1v) is 6.03. The van der Waals surface area contributed by atoms with Gasteiger partial charge < -0.3 is 26.1 Å². The van der Waals surface area contributed by atoms with E-state index in [1.165, 1.54) is 0 Å². The molecule has 1 heterocycles. The molecule has 1 amide bonds. The molecule has 110 valence electrons. The van der Waals surface area contributed by atoms with Crippen LogP contribution in [0.15, 0.2) is 0 Å². The zero-order valence-corrected chi connectivity index (χ0v) is 11.7. The van der Waals surface area contributed by atoms with Crippen LogP contribution in [0.3, 0.4) is 0 Å². The van der Waals surface area contributed by atoms with E-state index >= 15 is 0 Å². The standard InChI is InChI=1S/C12H19NO5.H3N/c1-8(2)18-10(15)4-6-12(11(16)17)5-3-9(14)13-7-12;/h8H,3-7H2,1-2H3,(H,13,14)(H,16,17);1H3. The lowest BCUT2D eigenvalue weighted by Crippen LogP contribution is -2.53. The van der Waals surface area contributed by atoms with Crippen molar-refractivity contribution in [2.24, 2.45) is 5.41 Å². The maximum absolute atomic E-state index is 11.4. The maximum Gasteiger partial charge on any atom is 0.306 e. The molecule has 7 heteroatoms. The van der Waals surface area contributed by atoms with Crippen LogP contribution >= 0.6 is 0 Å². The quantitative estimate of drug-likeness (QED) is 0.666. The Morgan fingerprint density at radius 3 is 2.53 bits per heavy atom. The summed E-state index contributed by atoms with van der Waals surface area (Å²) in [5.74, 6) is -1.82. The lowest BCUT2D eigenvalue weighted by molar-refractivity contribution is -0.320. The van der Waals surface area contributed by atoms with Crippen molar-refractivity contribution in [2.45, 2.75) is 45.6 Å². The van der Waals surface area contributed by atoms with Gasteiger partial charge in [-0.2, -0.15) is 0 Å². The van der Waals surface area contributed by atoms with Gasteiger partial charge in [-0.3, -0.25) is 9.59 Å². The number of piperidine rings is 1. The van der Waals surface area contributed by atoms with Crippen molar-refractivity contribution >= 4 is 17.8 Å². The monoisotopic (exact) mass is 274 g/mol. The molecule has 1 aliphatic heterocycles. The highest BCUT2D eigenvalue weighted by atomic mass is 16.5. The minimum absolute atomic E-state index is 0. The first-order chi connectivity index (χ1) is 8.35. The van der Waals surface area contributed by atoms with Crippen molar-refractivity contribution in [3.05, 3.63) is 0 Å². The highest BCUT2D eigenvalue weighted by molar-refractivity contribution is 5.82. The molecule has 0 saturated carbocycles. The van der Waals surface area contributed by atoms with Crippen molar-refractivity contribution in [1.29, 1.82) is 0 Å². The van der Waals surface area contributed by atoms with Gasteiger partial charge in [0.1, 0.15) is 0 Å². The summed E-state index contributed by atoms with van der Waals surface area (Å²) in [6.45, 7) is 3.48. The minimum atomic E-state index is -1.22. The molecule has 1 fully saturated rings. The van der Waals surface area contributed by atoms with Crippen molar-refractivity contribution in [3.8, 4) is 0 Å². The summed E-state index contributed by atoms with van der Waals surface area (Å²) in [6, 6.07) is 0. The average Bonchev–Trinajstić information content (AvgIpc) is 2.27. The molecule has 0 aliphatic carbocycles. The molecular weight excluding hydrogens is 252 g/mol. The summed E-state index contributed by atoms with van der Waals surface area (Å²) >= 11 is 0. The SMILES string of the molecule is CC(C)OC(=O)CCC1(C(=O)[O-])CCC(=O)NC1.[NH4+]. The summed E-state index contributed by atoms with van der Waals surface area (Å²) in [6.07, 6.45) is 0.273. The van der Waals surface area contributed by atoms with E-state index in [2.05, 4.69) is 5.32 Å². The molecule has 1 saturated heterocycles. The fraction of sp³-hybridized carbons (Fsp3) is 0.750. The van der Waals surface area contributed by atoms with Gasteiger partial charge in [0.05, 0.1) is 6.10 Å². The number of rotatable bonds is 5. The van der Waals surface area contributed by atoms with Gasteiger partial charge in [-0.1, -0.05) is 0 Å². The van der Waals surface area contributed by atoms with Gasteiger partial charge in [-0.15, -0.1) is 0 Å². The number of aliphatic carboxylic acids is 1. The van der Waals surface area contributed by atoms with Gasteiger partial charge in [-0.05, 0) is 26.7 Å². The summed E-state index contributed by atoms with van der Waals surface area (Å²) in [5, 5.41) is 13.7. The minimum Gasteiger partial charge on any atom is -0.549 e. The van der Waals surface area contributed by atoms with E-state index in [0.717, 1.165) is 0 Å². The van der Waals surface area contributed by atoms with Crippen LogP contribution in [0.1, 0.15) is 39.5 Å². The van der Waals surface area contributed by atoms with Crippen molar-refractivity contribution in [2.75, 3.05) is 6.54 Å². The highest BCUT2D eigenvalue weighted by Crippen LogP contribution is 2.31. The van der Waals surface area contributed by atoms with E-state index < -0.39 is 17.4 Å². The molecule has 1 atom stereocenters. The molecule has 1 aliphatic rings. The average molecular weight is 274 g/mol. The van der Waals surface area contributed by atoms with Gasteiger partial charge >= 0.3 is 5.97 Å².